The molecule has 0 amide bonds. The minimum atomic E-state index is 0.729. The van der Waals surface area contributed by atoms with E-state index in [1.54, 1.807) is 0 Å². The lowest BCUT2D eigenvalue weighted by Gasteiger charge is -2.11. The Morgan fingerprint density at radius 3 is 2.67 bits per heavy atom. The molecule has 2 rings (SSSR count). The average Bonchev–Trinajstić information content (AvgIpc) is 2.35. The molecule has 0 bridgehead atoms. The zero-order chi connectivity index (χ0) is 13.1. The molecule has 0 atom stereocenters. The molecule has 0 aliphatic heterocycles. The number of aryl methyl sites for hydroxylation is 1. The molecule has 0 radical (unpaired) electrons. The second-order valence-corrected chi connectivity index (χ2v) is 5.60. The van der Waals surface area contributed by atoms with Gasteiger partial charge in [0.15, 0.2) is 0 Å². The average molecular weight is 325 g/mol. The summed E-state index contributed by atoms with van der Waals surface area (Å²) in [5, 5.41) is 4.14. The largest absolute Gasteiger partial charge is 0.381 e. The van der Waals surface area contributed by atoms with Gasteiger partial charge in [-0.3, -0.25) is 0 Å². The van der Waals surface area contributed by atoms with Crippen molar-refractivity contribution in [1.29, 1.82) is 0 Å². The lowest BCUT2D eigenvalue weighted by molar-refractivity contribution is 1.10. The van der Waals surface area contributed by atoms with Crippen LogP contribution >= 0.6 is 27.5 Å². The van der Waals surface area contributed by atoms with Gasteiger partial charge in [-0.15, -0.1) is 0 Å². The van der Waals surface area contributed by atoms with Crippen LogP contribution < -0.4 is 5.32 Å². The summed E-state index contributed by atoms with van der Waals surface area (Å²) in [5.74, 6) is 0. The topological polar surface area (TPSA) is 12.0 Å². The number of rotatable bonds is 3. The standard InChI is InChI=1S/C15H15BrClN/c1-10-4-3-5-12(11(10)2)9-18-13-6-7-15(17)14(16)8-13/h3-8,18H,9H2,1-2H3. The molecule has 3 heteroatoms. The minimum Gasteiger partial charge on any atom is -0.381 e. The first-order valence-corrected chi connectivity index (χ1v) is 6.99. The fourth-order valence-corrected chi connectivity index (χ4v) is 2.30. The Balaban J connectivity index is 2.11. The van der Waals surface area contributed by atoms with Gasteiger partial charge in [-0.25, -0.2) is 0 Å². The van der Waals surface area contributed by atoms with Crippen LogP contribution in [0.5, 0.6) is 0 Å². The van der Waals surface area contributed by atoms with Gasteiger partial charge in [0, 0.05) is 16.7 Å². The molecule has 2 aromatic carbocycles. The van der Waals surface area contributed by atoms with Gasteiger partial charge in [0.25, 0.3) is 0 Å². The van der Waals surface area contributed by atoms with Crippen molar-refractivity contribution >= 4 is 33.2 Å². The molecule has 0 spiro atoms. The van der Waals surface area contributed by atoms with E-state index in [0.717, 1.165) is 21.7 Å². The Morgan fingerprint density at radius 2 is 1.94 bits per heavy atom. The van der Waals surface area contributed by atoms with Crippen molar-refractivity contribution in [3.8, 4) is 0 Å². The van der Waals surface area contributed by atoms with Crippen molar-refractivity contribution < 1.29 is 0 Å². The van der Waals surface area contributed by atoms with E-state index < -0.39 is 0 Å². The van der Waals surface area contributed by atoms with Crippen molar-refractivity contribution in [2.24, 2.45) is 0 Å². The summed E-state index contributed by atoms with van der Waals surface area (Å²) in [6.07, 6.45) is 0. The number of hydrogen-bond acceptors (Lipinski definition) is 1. The summed E-state index contributed by atoms with van der Waals surface area (Å²) in [5.41, 5.74) is 5.05. The first-order valence-electron chi connectivity index (χ1n) is 5.82. The molecule has 1 N–H and O–H groups in total. The first-order chi connectivity index (χ1) is 8.58. The Kier molecular flexibility index (Phi) is 4.31. The minimum absolute atomic E-state index is 0.729. The fourth-order valence-electron chi connectivity index (χ4n) is 1.81. The van der Waals surface area contributed by atoms with Crippen LogP contribution in [-0.2, 0) is 6.54 Å². The van der Waals surface area contributed by atoms with Crippen LogP contribution in [0.2, 0.25) is 5.02 Å². The number of halogens is 2. The Bertz CT molecular complexity index is 566. The van der Waals surface area contributed by atoms with Crippen LogP contribution in [0, 0.1) is 13.8 Å². The molecule has 18 heavy (non-hydrogen) atoms. The molecule has 0 saturated heterocycles. The van der Waals surface area contributed by atoms with Crippen molar-refractivity contribution in [3.05, 3.63) is 62.6 Å². The SMILES string of the molecule is Cc1cccc(CNc2ccc(Cl)c(Br)c2)c1C. The molecule has 0 aliphatic rings. The molecule has 0 fully saturated rings. The van der Waals surface area contributed by atoms with E-state index in [2.05, 4.69) is 53.3 Å². The zero-order valence-corrected chi connectivity index (χ0v) is 12.8. The van der Waals surface area contributed by atoms with Crippen LogP contribution in [-0.4, -0.2) is 0 Å². The predicted octanol–water partition coefficient (Wildman–Crippen LogP) is 5.33. The molecular formula is C15H15BrClN. The number of anilines is 1. The lowest BCUT2D eigenvalue weighted by atomic mass is 10.0. The second kappa shape index (κ2) is 5.77. The summed E-state index contributed by atoms with van der Waals surface area (Å²) < 4.78 is 0.912. The maximum atomic E-state index is 5.97. The monoisotopic (exact) mass is 323 g/mol. The van der Waals surface area contributed by atoms with Crippen LogP contribution in [0.15, 0.2) is 40.9 Å². The summed E-state index contributed by atoms with van der Waals surface area (Å²) in [7, 11) is 0. The number of hydrogen-bond donors (Lipinski definition) is 1. The highest BCUT2D eigenvalue weighted by molar-refractivity contribution is 9.10. The molecule has 2 aromatic rings. The van der Waals surface area contributed by atoms with Gasteiger partial charge in [0.1, 0.15) is 0 Å². The lowest BCUT2D eigenvalue weighted by Crippen LogP contribution is -2.02. The van der Waals surface area contributed by atoms with E-state index in [4.69, 9.17) is 11.6 Å². The molecule has 0 aliphatic carbocycles. The van der Waals surface area contributed by atoms with E-state index >= 15 is 0 Å². The summed E-state index contributed by atoms with van der Waals surface area (Å²) >= 11 is 9.40. The van der Waals surface area contributed by atoms with Crippen LogP contribution in [0.1, 0.15) is 16.7 Å². The van der Waals surface area contributed by atoms with Gasteiger partial charge in [-0.2, -0.15) is 0 Å². The highest BCUT2D eigenvalue weighted by Crippen LogP contribution is 2.26. The van der Waals surface area contributed by atoms with Gasteiger partial charge in [0.05, 0.1) is 5.02 Å². The molecule has 0 aromatic heterocycles. The Labute approximate surface area is 121 Å². The second-order valence-electron chi connectivity index (χ2n) is 4.34. The Hall–Kier alpha value is -0.990. The third-order valence-electron chi connectivity index (χ3n) is 3.12. The fraction of sp³-hybridized carbons (Fsp3) is 0.200. The number of nitrogens with one attached hydrogen (secondary N) is 1. The maximum absolute atomic E-state index is 5.97. The van der Waals surface area contributed by atoms with Crippen LogP contribution in [0.3, 0.4) is 0 Å². The molecular weight excluding hydrogens is 310 g/mol. The van der Waals surface area contributed by atoms with E-state index in [-0.39, 0.29) is 0 Å². The highest BCUT2D eigenvalue weighted by Gasteiger charge is 2.02. The highest BCUT2D eigenvalue weighted by atomic mass is 79.9. The van der Waals surface area contributed by atoms with E-state index in [0.29, 0.717) is 0 Å². The van der Waals surface area contributed by atoms with Gasteiger partial charge >= 0.3 is 0 Å². The van der Waals surface area contributed by atoms with Crippen molar-refractivity contribution in [2.75, 3.05) is 5.32 Å². The molecule has 0 heterocycles. The molecule has 1 nitrogen and oxygen atoms in total. The first kappa shape index (κ1) is 13.4. The zero-order valence-electron chi connectivity index (χ0n) is 10.4. The van der Waals surface area contributed by atoms with E-state index in [1.165, 1.54) is 16.7 Å². The van der Waals surface area contributed by atoms with Crippen LogP contribution in [0.4, 0.5) is 5.69 Å². The molecule has 0 saturated carbocycles. The quantitative estimate of drug-likeness (QED) is 0.804. The third-order valence-corrected chi connectivity index (χ3v) is 4.33. The summed E-state index contributed by atoms with van der Waals surface area (Å²) in [4.78, 5) is 0. The van der Waals surface area contributed by atoms with Gasteiger partial charge in [0.2, 0.25) is 0 Å². The maximum Gasteiger partial charge on any atom is 0.0549 e. The smallest absolute Gasteiger partial charge is 0.0549 e. The Morgan fingerprint density at radius 1 is 1.17 bits per heavy atom. The molecule has 0 unspecified atom stereocenters. The van der Waals surface area contributed by atoms with E-state index in [1.807, 2.05) is 18.2 Å². The summed E-state index contributed by atoms with van der Waals surface area (Å²) in [6, 6.07) is 12.2. The van der Waals surface area contributed by atoms with Gasteiger partial charge in [-0.05, 0) is 64.7 Å². The molecule has 94 valence electrons. The van der Waals surface area contributed by atoms with Crippen molar-refractivity contribution in [2.45, 2.75) is 20.4 Å². The van der Waals surface area contributed by atoms with Crippen molar-refractivity contribution in [3.63, 3.8) is 0 Å². The summed E-state index contributed by atoms with van der Waals surface area (Å²) in [6.45, 7) is 5.11. The van der Waals surface area contributed by atoms with Gasteiger partial charge in [-0.1, -0.05) is 29.8 Å². The normalized spacial score (nSPS) is 10.4. The van der Waals surface area contributed by atoms with Gasteiger partial charge < -0.3 is 5.32 Å². The van der Waals surface area contributed by atoms with E-state index in [9.17, 15) is 0 Å². The number of benzene rings is 2. The predicted molar refractivity (Wildman–Crippen MR) is 82.4 cm³/mol. The van der Waals surface area contributed by atoms with Crippen molar-refractivity contribution in [1.82, 2.24) is 0 Å². The third kappa shape index (κ3) is 3.06. The van der Waals surface area contributed by atoms with Crippen LogP contribution in [0.25, 0.3) is 0 Å².